The predicted octanol–water partition coefficient (Wildman–Crippen LogP) is 6.35. The first-order chi connectivity index (χ1) is 14.8. The molecule has 1 saturated heterocycles. The Labute approximate surface area is 183 Å². The van der Waals surface area contributed by atoms with Crippen LogP contribution in [-0.2, 0) is 6.18 Å². The highest BCUT2D eigenvalue weighted by atomic mass is 19.4. The van der Waals surface area contributed by atoms with Crippen molar-refractivity contribution in [1.29, 1.82) is 0 Å². The van der Waals surface area contributed by atoms with Gasteiger partial charge in [-0.3, -0.25) is 0 Å². The van der Waals surface area contributed by atoms with Gasteiger partial charge in [-0.15, -0.1) is 0 Å². The Morgan fingerprint density at radius 3 is 2.29 bits per heavy atom. The molecule has 1 aliphatic carbocycles. The number of ether oxygens (including phenoxy) is 1. The van der Waals surface area contributed by atoms with Crippen LogP contribution in [0, 0.1) is 5.92 Å². The molecule has 1 aliphatic heterocycles. The highest BCUT2D eigenvalue weighted by Gasteiger charge is 2.31. The zero-order valence-corrected chi connectivity index (χ0v) is 18.5. The van der Waals surface area contributed by atoms with Crippen LogP contribution in [0.1, 0.15) is 69.8 Å². The first kappa shape index (κ1) is 23.9. The van der Waals surface area contributed by atoms with Gasteiger partial charge in [-0.1, -0.05) is 19.3 Å². The number of halogens is 3. The Bertz CT molecular complexity index is 679. The lowest BCUT2D eigenvalue weighted by Crippen LogP contribution is -2.41. The van der Waals surface area contributed by atoms with E-state index >= 15 is 0 Å². The lowest BCUT2D eigenvalue weighted by atomic mass is 9.82. The summed E-state index contributed by atoms with van der Waals surface area (Å²) in [5.41, 5.74) is -0.755. The highest BCUT2D eigenvalue weighted by Crippen LogP contribution is 2.32. The van der Waals surface area contributed by atoms with Crippen molar-refractivity contribution in [3.8, 4) is 5.75 Å². The first-order valence-electron chi connectivity index (χ1n) is 11.7. The molecule has 0 N–H and O–H groups in total. The number of likely N-dealkylation sites (tertiary alicyclic amines) is 1. The van der Waals surface area contributed by atoms with E-state index in [1.807, 2.05) is 0 Å². The summed E-state index contributed by atoms with van der Waals surface area (Å²) in [6, 6.07) is 4.37. The maximum atomic E-state index is 12.6. The van der Waals surface area contributed by atoms with Crippen LogP contribution in [0.2, 0.25) is 0 Å². The molecule has 1 aromatic carbocycles. The van der Waals surface area contributed by atoms with Gasteiger partial charge in [-0.05, 0) is 94.8 Å². The maximum absolute atomic E-state index is 12.6. The number of piperidine rings is 1. The van der Waals surface area contributed by atoms with Gasteiger partial charge in [-0.2, -0.15) is 13.2 Å². The summed E-state index contributed by atoms with van der Waals surface area (Å²) >= 11 is 0. The van der Waals surface area contributed by atoms with Crippen LogP contribution in [0.25, 0.3) is 0 Å². The molecule has 0 atom stereocenters. The fourth-order valence-corrected chi connectivity index (χ4v) is 4.81. The Morgan fingerprint density at radius 1 is 1.03 bits per heavy atom. The SMILES string of the molecule is CN(C(=O)Oc1ccc(C(F)(F)F)cc1)C1CCC(CCCCN2CCCCC2)CC1. The van der Waals surface area contributed by atoms with Crippen molar-refractivity contribution in [3.05, 3.63) is 29.8 Å². The molecule has 0 unspecified atom stereocenters. The summed E-state index contributed by atoms with van der Waals surface area (Å²) in [5, 5.41) is 0. The smallest absolute Gasteiger partial charge is 0.410 e. The molecule has 0 aromatic heterocycles. The van der Waals surface area contributed by atoms with Crippen molar-refractivity contribution in [2.45, 2.75) is 76.4 Å². The number of benzene rings is 1. The molecule has 1 saturated carbocycles. The highest BCUT2D eigenvalue weighted by molar-refractivity contribution is 5.70. The van der Waals surface area contributed by atoms with E-state index in [4.69, 9.17) is 4.74 Å². The number of hydrogen-bond donors (Lipinski definition) is 0. The lowest BCUT2D eigenvalue weighted by Gasteiger charge is -2.34. The molecule has 1 heterocycles. The molecule has 31 heavy (non-hydrogen) atoms. The number of hydrogen-bond acceptors (Lipinski definition) is 3. The summed E-state index contributed by atoms with van der Waals surface area (Å²) in [6.07, 6.45) is 7.13. The van der Waals surface area contributed by atoms with E-state index in [0.29, 0.717) is 0 Å². The van der Waals surface area contributed by atoms with Gasteiger partial charge in [-0.25, -0.2) is 4.79 Å². The largest absolute Gasteiger partial charge is 0.416 e. The van der Waals surface area contributed by atoms with Crippen molar-refractivity contribution < 1.29 is 22.7 Å². The van der Waals surface area contributed by atoms with Crippen molar-refractivity contribution in [1.82, 2.24) is 9.80 Å². The van der Waals surface area contributed by atoms with Crippen molar-refractivity contribution in [3.63, 3.8) is 0 Å². The number of rotatable bonds is 7. The molecule has 0 spiro atoms. The molecular formula is C24H35F3N2O2. The number of unbranched alkanes of at least 4 members (excludes halogenated alkanes) is 1. The van der Waals surface area contributed by atoms with Crippen LogP contribution in [0.3, 0.4) is 0 Å². The predicted molar refractivity (Wildman–Crippen MR) is 115 cm³/mol. The second-order valence-electron chi connectivity index (χ2n) is 9.07. The van der Waals surface area contributed by atoms with E-state index in [-0.39, 0.29) is 11.8 Å². The minimum atomic E-state index is -4.40. The number of amides is 1. The number of carbonyl (C=O) groups is 1. The van der Waals surface area contributed by atoms with Gasteiger partial charge in [0.25, 0.3) is 0 Å². The zero-order chi connectivity index (χ0) is 22.3. The Morgan fingerprint density at radius 2 is 1.68 bits per heavy atom. The third kappa shape index (κ3) is 7.41. The normalized spacial score (nSPS) is 22.8. The summed E-state index contributed by atoms with van der Waals surface area (Å²) in [7, 11) is 1.72. The Balaban J connectivity index is 1.34. The molecule has 174 valence electrons. The van der Waals surface area contributed by atoms with Gasteiger partial charge in [0.1, 0.15) is 5.75 Å². The van der Waals surface area contributed by atoms with Crippen LogP contribution in [0.4, 0.5) is 18.0 Å². The topological polar surface area (TPSA) is 32.8 Å². The van der Waals surface area contributed by atoms with Gasteiger partial charge in [0.05, 0.1) is 5.56 Å². The third-order valence-corrected chi connectivity index (χ3v) is 6.82. The van der Waals surface area contributed by atoms with Gasteiger partial charge < -0.3 is 14.5 Å². The molecule has 2 fully saturated rings. The van der Waals surface area contributed by atoms with E-state index in [0.717, 1.165) is 43.7 Å². The van der Waals surface area contributed by atoms with Gasteiger partial charge in [0.2, 0.25) is 0 Å². The molecule has 4 nitrogen and oxygen atoms in total. The molecule has 1 aromatic rings. The van der Waals surface area contributed by atoms with E-state index in [9.17, 15) is 18.0 Å². The van der Waals surface area contributed by atoms with Crippen LogP contribution in [0.5, 0.6) is 5.75 Å². The summed E-state index contributed by atoms with van der Waals surface area (Å²) in [4.78, 5) is 16.6. The van der Waals surface area contributed by atoms with Crippen molar-refractivity contribution in [2.75, 3.05) is 26.7 Å². The molecule has 0 radical (unpaired) electrons. The number of carbonyl (C=O) groups excluding carboxylic acids is 1. The standard InChI is InChI=1S/C24H35F3N2O2/c1-28(23(30)31-22-14-10-20(11-15-22)24(25,26)27)21-12-8-19(9-13-21)7-3-6-18-29-16-4-2-5-17-29/h10-11,14-15,19,21H,2-9,12-13,16-18H2,1H3. The number of alkyl halides is 3. The van der Waals surface area contributed by atoms with Crippen LogP contribution < -0.4 is 4.74 Å². The van der Waals surface area contributed by atoms with Crippen LogP contribution >= 0.6 is 0 Å². The quantitative estimate of drug-likeness (QED) is 0.463. The van der Waals surface area contributed by atoms with Crippen LogP contribution in [0.15, 0.2) is 24.3 Å². The zero-order valence-electron chi connectivity index (χ0n) is 18.5. The summed E-state index contributed by atoms with van der Waals surface area (Å²) < 4.78 is 43.2. The average molecular weight is 441 g/mol. The fraction of sp³-hybridized carbons (Fsp3) is 0.708. The number of nitrogens with zero attached hydrogens (tertiary/aromatic N) is 2. The summed E-state index contributed by atoms with van der Waals surface area (Å²) in [6.45, 7) is 3.76. The van der Waals surface area contributed by atoms with E-state index in [2.05, 4.69) is 4.90 Å². The minimum Gasteiger partial charge on any atom is -0.410 e. The average Bonchev–Trinajstić information content (AvgIpc) is 2.77. The second-order valence-corrected chi connectivity index (χ2v) is 9.07. The van der Waals surface area contributed by atoms with Gasteiger partial charge in [0.15, 0.2) is 0 Å². The van der Waals surface area contributed by atoms with E-state index < -0.39 is 17.8 Å². The monoisotopic (exact) mass is 440 g/mol. The molecule has 0 bridgehead atoms. The Hall–Kier alpha value is -1.76. The van der Waals surface area contributed by atoms with Crippen LogP contribution in [-0.4, -0.2) is 48.6 Å². The van der Waals surface area contributed by atoms with Crippen molar-refractivity contribution >= 4 is 6.09 Å². The third-order valence-electron chi connectivity index (χ3n) is 6.82. The van der Waals surface area contributed by atoms with Gasteiger partial charge >= 0.3 is 12.3 Å². The first-order valence-corrected chi connectivity index (χ1v) is 11.7. The maximum Gasteiger partial charge on any atom is 0.416 e. The van der Waals surface area contributed by atoms with E-state index in [1.54, 1.807) is 11.9 Å². The minimum absolute atomic E-state index is 0.131. The molecule has 7 heteroatoms. The fourth-order valence-electron chi connectivity index (χ4n) is 4.81. The van der Waals surface area contributed by atoms with Crippen molar-refractivity contribution in [2.24, 2.45) is 5.92 Å². The van der Waals surface area contributed by atoms with Gasteiger partial charge in [0, 0.05) is 13.1 Å². The summed E-state index contributed by atoms with van der Waals surface area (Å²) in [5.74, 6) is 0.865. The second kappa shape index (κ2) is 11.2. The Kier molecular flexibility index (Phi) is 8.64. The molecule has 3 rings (SSSR count). The lowest BCUT2D eigenvalue weighted by molar-refractivity contribution is -0.137. The molecule has 2 aliphatic rings. The van der Waals surface area contributed by atoms with E-state index in [1.165, 1.54) is 70.3 Å². The molecular weight excluding hydrogens is 405 g/mol. The molecule has 1 amide bonds.